The third-order valence-electron chi connectivity index (χ3n) is 3.64. The molecule has 0 bridgehead atoms. The molecule has 1 aromatic rings. The van der Waals surface area contributed by atoms with Crippen LogP contribution in [0.25, 0.3) is 0 Å². The van der Waals surface area contributed by atoms with E-state index < -0.39 is 5.54 Å². The van der Waals surface area contributed by atoms with Gasteiger partial charge in [0.1, 0.15) is 5.54 Å². The van der Waals surface area contributed by atoms with Gasteiger partial charge in [0.25, 0.3) is 0 Å². The van der Waals surface area contributed by atoms with E-state index in [1.165, 1.54) is 0 Å². The molecular formula is C13H20N4O. The average Bonchev–Trinajstić information content (AvgIpc) is 2.83. The molecule has 1 saturated heterocycles. The normalized spacial score (nSPS) is 24.2. The highest BCUT2D eigenvalue weighted by molar-refractivity contribution is 5.87. The lowest BCUT2D eigenvalue weighted by Gasteiger charge is -2.37. The van der Waals surface area contributed by atoms with Gasteiger partial charge in [-0.05, 0) is 25.9 Å². The van der Waals surface area contributed by atoms with Gasteiger partial charge < -0.3 is 4.90 Å². The van der Waals surface area contributed by atoms with Crippen molar-refractivity contribution in [2.75, 3.05) is 27.2 Å². The maximum absolute atomic E-state index is 12.7. The number of aromatic nitrogens is 2. The first-order valence-electron chi connectivity index (χ1n) is 6.36. The van der Waals surface area contributed by atoms with Crippen LogP contribution in [0.2, 0.25) is 0 Å². The molecule has 0 radical (unpaired) electrons. The van der Waals surface area contributed by atoms with Crippen LogP contribution in [0.5, 0.6) is 0 Å². The second-order valence-corrected chi connectivity index (χ2v) is 4.83. The maximum atomic E-state index is 12.7. The predicted octanol–water partition coefficient (Wildman–Crippen LogP) is 0.876. The molecule has 2 rings (SSSR count). The third kappa shape index (κ3) is 1.88. The second kappa shape index (κ2) is 5.02. The smallest absolute Gasteiger partial charge is 0.248 e. The Kier molecular flexibility index (Phi) is 3.61. The van der Waals surface area contributed by atoms with Crippen molar-refractivity contribution in [1.82, 2.24) is 19.8 Å². The summed E-state index contributed by atoms with van der Waals surface area (Å²) >= 11 is 0. The van der Waals surface area contributed by atoms with Crippen LogP contribution in [0, 0.1) is 0 Å². The van der Waals surface area contributed by atoms with Crippen LogP contribution in [0.15, 0.2) is 18.6 Å². The lowest BCUT2D eigenvalue weighted by Crippen LogP contribution is -2.53. The van der Waals surface area contributed by atoms with Crippen molar-refractivity contribution in [3.63, 3.8) is 0 Å². The standard InChI is InChI=1S/C13H20N4O/c1-4-17-9-5-6-13(17,12(18)16(2)3)11-10-14-7-8-15-11/h7-8,10H,4-6,9H2,1-3H3. The van der Waals surface area contributed by atoms with E-state index in [1.54, 1.807) is 37.6 Å². The predicted molar refractivity (Wildman–Crippen MR) is 68.9 cm³/mol. The van der Waals surface area contributed by atoms with Crippen LogP contribution in [-0.4, -0.2) is 52.9 Å². The lowest BCUT2D eigenvalue weighted by molar-refractivity contribution is -0.141. The zero-order valence-electron chi connectivity index (χ0n) is 11.3. The molecule has 1 amide bonds. The van der Waals surface area contributed by atoms with Gasteiger partial charge in [-0.1, -0.05) is 6.92 Å². The molecule has 0 saturated carbocycles. The van der Waals surface area contributed by atoms with Gasteiger partial charge in [0.15, 0.2) is 0 Å². The molecule has 18 heavy (non-hydrogen) atoms. The summed E-state index contributed by atoms with van der Waals surface area (Å²) in [6, 6.07) is 0. The van der Waals surface area contributed by atoms with Gasteiger partial charge >= 0.3 is 0 Å². The van der Waals surface area contributed by atoms with E-state index >= 15 is 0 Å². The SMILES string of the molecule is CCN1CCCC1(C(=O)N(C)C)c1cnccn1. The number of rotatable bonds is 3. The lowest BCUT2D eigenvalue weighted by atomic mass is 9.90. The van der Waals surface area contributed by atoms with Crippen LogP contribution in [0.4, 0.5) is 0 Å². The Balaban J connectivity index is 2.50. The average molecular weight is 248 g/mol. The van der Waals surface area contributed by atoms with Gasteiger partial charge in [0, 0.05) is 26.5 Å². The van der Waals surface area contributed by atoms with E-state index in [4.69, 9.17) is 0 Å². The first-order valence-corrected chi connectivity index (χ1v) is 6.36. The van der Waals surface area contributed by atoms with Crippen molar-refractivity contribution in [3.05, 3.63) is 24.3 Å². The molecular weight excluding hydrogens is 228 g/mol. The van der Waals surface area contributed by atoms with Crippen molar-refractivity contribution in [3.8, 4) is 0 Å². The van der Waals surface area contributed by atoms with Gasteiger partial charge in [0.05, 0.1) is 11.9 Å². The number of nitrogens with zero attached hydrogens (tertiary/aromatic N) is 4. The van der Waals surface area contributed by atoms with E-state index in [0.29, 0.717) is 0 Å². The molecule has 0 spiro atoms. The fraction of sp³-hybridized carbons (Fsp3) is 0.615. The molecule has 1 unspecified atom stereocenters. The van der Waals surface area contributed by atoms with Crippen LogP contribution in [-0.2, 0) is 10.3 Å². The molecule has 1 atom stereocenters. The summed E-state index contributed by atoms with van der Waals surface area (Å²) in [6.07, 6.45) is 6.85. The molecule has 1 aliphatic rings. The Bertz CT molecular complexity index is 420. The zero-order chi connectivity index (χ0) is 13.2. The topological polar surface area (TPSA) is 49.3 Å². The molecule has 0 aromatic carbocycles. The molecule has 0 N–H and O–H groups in total. The summed E-state index contributed by atoms with van der Waals surface area (Å²) in [7, 11) is 3.60. The van der Waals surface area contributed by atoms with Crippen molar-refractivity contribution in [2.45, 2.75) is 25.3 Å². The van der Waals surface area contributed by atoms with Crippen LogP contribution < -0.4 is 0 Å². The summed E-state index contributed by atoms with van der Waals surface area (Å²) in [5.74, 6) is 0.0994. The molecule has 5 heteroatoms. The van der Waals surface area contributed by atoms with Gasteiger partial charge in [-0.15, -0.1) is 0 Å². The van der Waals surface area contributed by atoms with Crippen LogP contribution >= 0.6 is 0 Å². The van der Waals surface area contributed by atoms with Gasteiger partial charge in [0.2, 0.25) is 5.91 Å². The molecule has 5 nitrogen and oxygen atoms in total. The van der Waals surface area contributed by atoms with Gasteiger partial charge in [-0.2, -0.15) is 0 Å². The Morgan fingerprint density at radius 2 is 2.28 bits per heavy atom. The highest BCUT2D eigenvalue weighted by atomic mass is 16.2. The number of carbonyl (C=O) groups excluding carboxylic acids is 1. The Morgan fingerprint density at radius 3 is 2.83 bits per heavy atom. The van der Waals surface area contributed by atoms with Crippen molar-refractivity contribution in [2.24, 2.45) is 0 Å². The largest absolute Gasteiger partial charge is 0.347 e. The van der Waals surface area contributed by atoms with E-state index in [0.717, 1.165) is 31.6 Å². The number of carbonyl (C=O) groups is 1. The molecule has 1 aromatic heterocycles. The van der Waals surface area contributed by atoms with Crippen LogP contribution in [0.1, 0.15) is 25.5 Å². The minimum absolute atomic E-state index is 0.0994. The Labute approximate surface area is 108 Å². The first-order chi connectivity index (χ1) is 8.63. The van der Waals surface area contributed by atoms with Crippen LogP contribution in [0.3, 0.4) is 0 Å². The summed E-state index contributed by atoms with van der Waals surface area (Å²) in [5, 5.41) is 0. The Morgan fingerprint density at radius 1 is 1.50 bits per heavy atom. The summed E-state index contributed by atoms with van der Waals surface area (Å²) in [5.41, 5.74) is 0.148. The minimum Gasteiger partial charge on any atom is -0.347 e. The van der Waals surface area contributed by atoms with Crippen molar-refractivity contribution >= 4 is 5.91 Å². The number of hydrogen-bond acceptors (Lipinski definition) is 4. The molecule has 98 valence electrons. The third-order valence-corrected chi connectivity index (χ3v) is 3.64. The summed E-state index contributed by atoms with van der Waals surface area (Å²) < 4.78 is 0. The number of amides is 1. The van der Waals surface area contributed by atoms with Crippen molar-refractivity contribution in [1.29, 1.82) is 0 Å². The molecule has 1 fully saturated rings. The highest BCUT2D eigenvalue weighted by Crippen LogP contribution is 2.38. The highest BCUT2D eigenvalue weighted by Gasteiger charge is 2.50. The fourth-order valence-corrected chi connectivity index (χ4v) is 2.83. The Hall–Kier alpha value is -1.49. The van der Waals surface area contributed by atoms with E-state index in [1.807, 2.05) is 0 Å². The fourth-order valence-electron chi connectivity index (χ4n) is 2.83. The second-order valence-electron chi connectivity index (χ2n) is 4.83. The van der Waals surface area contributed by atoms with E-state index in [2.05, 4.69) is 21.8 Å². The summed E-state index contributed by atoms with van der Waals surface area (Å²) in [6.45, 7) is 3.86. The van der Waals surface area contributed by atoms with Gasteiger partial charge in [-0.25, -0.2) is 0 Å². The molecule has 1 aliphatic heterocycles. The molecule has 2 heterocycles. The first kappa shape index (κ1) is 13.0. The number of likely N-dealkylation sites (tertiary alicyclic amines) is 1. The monoisotopic (exact) mass is 248 g/mol. The zero-order valence-corrected chi connectivity index (χ0v) is 11.3. The molecule has 0 aliphatic carbocycles. The van der Waals surface area contributed by atoms with Gasteiger partial charge in [-0.3, -0.25) is 19.7 Å². The minimum atomic E-state index is -0.619. The quantitative estimate of drug-likeness (QED) is 0.796. The number of likely N-dealkylation sites (N-methyl/N-ethyl adjacent to an activating group) is 2. The van der Waals surface area contributed by atoms with E-state index in [-0.39, 0.29) is 5.91 Å². The van der Waals surface area contributed by atoms with E-state index in [9.17, 15) is 4.79 Å². The summed E-state index contributed by atoms with van der Waals surface area (Å²) in [4.78, 5) is 25.0. The number of hydrogen-bond donors (Lipinski definition) is 0. The maximum Gasteiger partial charge on any atom is 0.248 e. The van der Waals surface area contributed by atoms with Crippen molar-refractivity contribution < 1.29 is 4.79 Å².